The summed E-state index contributed by atoms with van der Waals surface area (Å²) in [5, 5.41) is 0. The number of Topliss-reactive ketones (excluding diaryl/α,β-unsaturated/α-hetero) is 1. The molecule has 0 amide bonds. The number of sulfonamides is 1. The van der Waals surface area contributed by atoms with E-state index in [4.69, 9.17) is 9.47 Å². The molecule has 7 nitrogen and oxygen atoms in total. The molecule has 0 aliphatic carbocycles. The highest BCUT2D eigenvalue weighted by Gasteiger charge is 2.10. The normalized spacial score (nSPS) is 11.2. The minimum atomic E-state index is -3.41. The van der Waals surface area contributed by atoms with Gasteiger partial charge in [-0.25, -0.2) is 17.6 Å². The number of methoxy groups -OCH3 is 1. The van der Waals surface area contributed by atoms with Gasteiger partial charge in [-0.05, 0) is 48.0 Å². The molecule has 9 heteroatoms. The van der Waals surface area contributed by atoms with Crippen LogP contribution in [0.3, 0.4) is 0 Å². The molecule has 0 saturated carbocycles. The molecule has 2 aromatic rings. The van der Waals surface area contributed by atoms with Gasteiger partial charge in [0.25, 0.3) is 0 Å². The third-order valence-electron chi connectivity index (χ3n) is 3.44. The van der Waals surface area contributed by atoms with Gasteiger partial charge in [-0.15, -0.1) is 0 Å². The molecule has 0 heterocycles. The maximum absolute atomic E-state index is 13.6. The zero-order valence-corrected chi connectivity index (χ0v) is 16.0. The lowest BCUT2D eigenvalue weighted by Gasteiger charge is -2.05. The van der Waals surface area contributed by atoms with E-state index in [-0.39, 0.29) is 11.3 Å². The van der Waals surface area contributed by atoms with Crippen molar-refractivity contribution >= 4 is 33.5 Å². The molecule has 0 spiro atoms. The summed E-state index contributed by atoms with van der Waals surface area (Å²) in [5.74, 6) is -1.70. The molecular weight excluding hydrogens is 389 g/mol. The number of ether oxygens (including phenoxy) is 2. The van der Waals surface area contributed by atoms with E-state index in [1.807, 2.05) is 0 Å². The van der Waals surface area contributed by atoms with Gasteiger partial charge in [0, 0.05) is 17.3 Å². The van der Waals surface area contributed by atoms with E-state index in [0.717, 1.165) is 12.3 Å². The Kier molecular flexibility index (Phi) is 6.89. The summed E-state index contributed by atoms with van der Waals surface area (Å²) in [6.45, 7) is -0.487. The third kappa shape index (κ3) is 6.51. The summed E-state index contributed by atoms with van der Waals surface area (Å²) < 4.78 is 47.8. The minimum absolute atomic E-state index is 0.0862. The predicted molar refractivity (Wildman–Crippen MR) is 102 cm³/mol. The van der Waals surface area contributed by atoms with Gasteiger partial charge in [0.2, 0.25) is 10.0 Å². The average molecular weight is 407 g/mol. The van der Waals surface area contributed by atoms with E-state index in [1.165, 1.54) is 49.6 Å². The minimum Gasteiger partial charge on any atom is -0.494 e. The number of hydrogen-bond acceptors (Lipinski definition) is 6. The van der Waals surface area contributed by atoms with E-state index in [9.17, 15) is 22.4 Å². The van der Waals surface area contributed by atoms with Crippen molar-refractivity contribution in [3.05, 3.63) is 65.5 Å². The first-order chi connectivity index (χ1) is 13.2. The standard InChI is InChI=1S/C19H18FNO6S/c1-26-18-9-3-13(11-16(18)20)4-10-19(23)27-12-17(22)14-5-7-15(8-6-14)21-28(2,24)25/h3-11,21H,12H2,1-2H3/b10-4+. The first kappa shape index (κ1) is 21.1. The molecule has 0 aliphatic heterocycles. The highest BCUT2D eigenvalue weighted by atomic mass is 32.2. The molecule has 2 aromatic carbocycles. The Bertz CT molecular complexity index is 1000. The number of carbonyl (C=O) groups excluding carboxylic acids is 2. The summed E-state index contributed by atoms with van der Waals surface area (Å²) in [6.07, 6.45) is 3.44. The third-order valence-corrected chi connectivity index (χ3v) is 4.05. The van der Waals surface area contributed by atoms with Gasteiger partial charge in [0.05, 0.1) is 13.4 Å². The Balaban J connectivity index is 1.89. The second-order valence-electron chi connectivity index (χ2n) is 5.71. The zero-order valence-electron chi connectivity index (χ0n) is 15.1. The quantitative estimate of drug-likeness (QED) is 0.410. The van der Waals surface area contributed by atoms with Crippen LogP contribution in [0, 0.1) is 5.82 Å². The molecule has 28 heavy (non-hydrogen) atoms. The van der Waals surface area contributed by atoms with Gasteiger partial charge in [-0.1, -0.05) is 6.07 Å². The number of halogens is 1. The maximum atomic E-state index is 13.6. The van der Waals surface area contributed by atoms with Crippen molar-refractivity contribution < 1.29 is 31.9 Å². The molecule has 0 radical (unpaired) electrons. The fraction of sp³-hybridized carbons (Fsp3) is 0.158. The topological polar surface area (TPSA) is 98.8 Å². The lowest BCUT2D eigenvalue weighted by molar-refractivity contribution is -0.136. The molecule has 0 aliphatic rings. The second kappa shape index (κ2) is 9.14. The fourth-order valence-electron chi connectivity index (χ4n) is 2.16. The maximum Gasteiger partial charge on any atom is 0.331 e. The van der Waals surface area contributed by atoms with Gasteiger partial charge >= 0.3 is 5.97 Å². The molecule has 2 rings (SSSR count). The number of esters is 1. The van der Waals surface area contributed by atoms with Crippen LogP contribution in [0.2, 0.25) is 0 Å². The summed E-state index contributed by atoms with van der Waals surface area (Å²) in [4.78, 5) is 23.7. The van der Waals surface area contributed by atoms with Crippen molar-refractivity contribution in [3.63, 3.8) is 0 Å². The summed E-state index contributed by atoms with van der Waals surface area (Å²) in [6, 6.07) is 9.86. The number of benzene rings is 2. The van der Waals surface area contributed by atoms with Gasteiger partial charge in [-0.2, -0.15) is 0 Å². The first-order valence-corrected chi connectivity index (χ1v) is 9.86. The number of hydrogen-bond donors (Lipinski definition) is 1. The van der Waals surface area contributed by atoms with Crippen molar-refractivity contribution in [1.29, 1.82) is 0 Å². The Labute approximate surface area is 161 Å². The van der Waals surface area contributed by atoms with Crippen LogP contribution < -0.4 is 9.46 Å². The number of rotatable bonds is 8. The van der Waals surface area contributed by atoms with Crippen LogP contribution in [0.1, 0.15) is 15.9 Å². The van der Waals surface area contributed by atoms with Crippen LogP contribution >= 0.6 is 0 Å². The Morgan fingerprint density at radius 3 is 2.39 bits per heavy atom. The van der Waals surface area contributed by atoms with E-state index in [2.05, 4.69) is 4.72 Å². The van der Waals surface area contributed by atoms with Gasteiger partial charge in [0.1, 0.15) is 0 Å². The zero-order chi connectivity index (χ0) is 20.7. The molecule has 148 valence electrons. The van der Waals surface area contributed by atoms with Gasteiger partial charge < -0.3 is 9.47 Å². The average Bonchev–Trinajstić information content (AvgIpc) is 2.64. The second-order valence-corrected chi connectivity index (χ2v) is 7.46. The molecule has 0 unspecified atom stereocenters. The fourth-order valence-corrected chi connectivity index (χ4v) is 2.72. The van der Waals surface area contributed by atoms with Crippen LogP contribution in [0.5, 0.6) is 5.75 Å². The predicted octanol–water partition coefficient (Wildman–Crippen LogP) is 2.65. The molecule has 0 saturated heterocycles. The highest BCUT2D eigenvalue weighted by Crippen LogP contribution is 2.18. The largest absolute Gasteiger partial charge is 0.494 e. The smallest absolute Gasteiger partial charge is 0.331 e. The van der Waals surface area contributed by atoms with Crippen LogP contribution in [0.4, 0.5) is 10.1 Å². The SMILES string of the molecule is COc1ccc(/C=C/C(=O)OCC(=O)c2ccc(NS(C)(=O)=O)cc2)cc1F. The van der Waals surface area contributed by atoms with E-state index < -0.39 is 34.2 Å². The van der Waals surface area contributed by atoms with Crippen LogP contribution in [-0.2, 0) is 19.6 Å². The number of anilines is 1. The van der Waals surface area contributed by atoms with E-state index >= 15 is 0 Å². The van der Waals surface area contributed by atoms with Gasteiger partial charge in [0.15, 0.2) is 24.0 Å². The molecule has 1 N–H and O–H groups in total. The molecule has 0 aromatic heterocycles. The van der Waals surface area contributed by atoms with Crippen molar-refractivity contribution in [2.45, 2.75) is 0 Å². The van der Waals surface area contributed by atoms with Gasteiger partial charge in [-0.3, -0.25) is 9.52 Å². The van der Waals surface area contributed by atoms with Crippen LogP contribution in [0.25, 0.3) is 6.08 Å². The Morgan fingerprint density at radius 1 is 1.14 bits per heavy atom. The van der Waals surface area contributed by atoms with Crippen LogP contribution in [-0.4, -0.2) is 40.1 Å². The lowest BCUT2D eigenvalue weighted by Crippen LogP contribution is -2.13. The van der Waals surface area contributed by atoms with E-state index in [1.54, 1.807) is 6.07 Å². The number of nitrogens with one attached hydrogen (secondary N) is 1. The van der Waals surface area contributed by atoms with Crippen molar-refractivity contribution in [2.24, 2.45) is 0 Å². The van der Waals surface area contributed by atoms with E-state index in [0.29, 0.717) is 11.3 Å². The first-order valence-electron chi connectivity index (χ1n) is 7.97. The lowest BCUT2D eigenvalue weighted by atomic mass is 10.1. The Morgan fingerprint density at radius 2 is 1.82 bits per heavy atom. The summed E-state index contributed by atoms with van der Waals surface area (Å²) in [7, 11) is -2.06. The molecular formula is C19H18FNO6S. The highest BCUT2D eigenvalue weighted by molar-refractivity contribution is 7.92. The molecule has 0 bridgehead atoms. The Hall–Kier alpha value is -3.20. The number of ketones is 1. The van der Waals surface area contributed by atoms with Crippen molar-refractivity contribution in [2.75, 3.05) is 24.7 Å². The van der Waals surface area contributed by atoms with Crippen molar-refractivity contribution in [3.8, 4) is 5.75 Å². The molecule has 0 fully saturated rings. The van der Waals surface area contributed by atoms with Crippen molar-refractivity contribution in [1.82, 2.24) is 0 Å². The summed E-state index contributed by atoms with van der Waals surface area (Å²) in [5.41, 5.74) is 0.995. The van der Waals surface area contributed by atoms with Crippen LogP contribution in [0.15, 0.2) is 48.5 Å². The monoisotopic (exact) mass is 407 g/mol. The number of carbonyl (C=O) groups is 2. The molecule has 0 atom stereocenters. The summed E-state index contributed by atoms with van der Waals surface area (Å²) >= 11 is 0.